The van der Waals surface area contributed by atoms with Gasteiger partial charge in [-0.2, -0.15) is 11.8 Å². The Hall–Kier alpha value is -0.750. The van der Waals surface area contributed by atoms with E-state index in [0.29, 0.717) is 16.2 Å². The molecule has 1 fully saturated rings. The van der Waals surface area contributed by atoms with Gasteiger partial charge in [-0.15, -0.1) is 0 Å². The van der Waals surface area contributed by atoms with Gasteiger partial charge in [-0.1, -0.05) is 13.8 Å². The van der Waals surface area contributed by atoms with E-state index in [2.05, 4.69) is 23.8 Å². The zero-order valence-electron chi connectivity index (χ0n) is 10.0. The van der Waals surface area contributed by atoms with Gasteiger partial charge in [-0.05, 0) is 36.7 Å². The minimum Gasteiger partial charge on any atom is -0.385 e. The van der Waals surface area contributed by atoms with E-state index >= 15 is 0 Å². The summed E-state index contributed by atoms with van der Waals surface area (Å²) < 4.78 is 0.495. The molecule has 0 radical (unpaired) electrons. The minimum absolute atomic E-state index is 0.140. The summed E-state index contributed by atoms with van der Waals surface area (Å²) in [6, 6.07) is 0. The molecule has 2 rings (SSSR count). The molecule has 1 saturated heterocycles. The lowest BCUT2D eigenvalue weighted by atomic mass is 9.88. The largest absolute Gasteiger partial charge is 0.385 e. The van der Waals surface area contributed by atoms with Gasteiger partial charge in [-0.25, -0.2) is 0 Å². The second-order valence-electron chi connectivity index (χ2n) is 5.03. The number of thioether (sulfide) groups is 1. The number of nitrogens with two attached hydrogens (primary N) is 1. The van der Waals surface area contributed by atoms with Crippen molar-refractivity contribution in [2.45, 2.75) is 37.4 Å². The van der Waals surface area contributed by atoms with Gasteiger partial charge >= 0.3 is 0 Å². The van der Waals surface area contributed by atoms with Crippen molar-refractivity contribution in [3.8, 4) is 0 Å². The first kappa shape index (κ1) is 12.7. The van der Waals surface area contributed by atoms with Crippen molar-refractivity contribution in [2.75, 3.05) is 11.5 Å². The number of hydrogen-bond acceptors (Lipinski definition) is 4. The molecular formula is C11H17N3OS2. The Morgan fingerprint density at radius 1 is 1.47 bits per heavy atom. The second-order valence-corrected chi connectivity index (χ2v) is 7.24. The summed E-state index contributed by atoms with van der Waals surface area (Å²) in [7, 11) is 0. The number of aromatic amines is 2. The van der Waals surface area contributed by atoms with Crippen LogP contribution in [-0.2, 0) is 0 Å². The van der Waals surface area contributed by atoms with Crippen LogP contribution in [0.2, 0.25) is 0 Å². The molecule has 1 aromatic rings. The van der Waals surface area contributed by atoms with Crippen LogP contribution in [0.1, 0.15) is 38.2 Å². The van der Waals surface area contributed by atoms with Crippen LogP contribution < -0.4 is 11.3 Å². The van der Waals surface area contributed by atoms with Crippen molar-refractivity contribution in [3.63, 3.8) is 0 Å². The summed E-state index contributed by atoms with van der Waals surface area (Å²) in [5.41, 5.74) is 6.43. The molecular weight excluding hydrogens is 254 g/mol. The van der Waals surface area contributed by atoms with Gasteiger partial charge in [0.1, 0.15) is 5.82 Å². The highest BCUT2D eigenvalue weighted by atomic mass is 32.2. The summed E-state index contributed by atoms with van der Waals surface area (Å²) in [6.45, 7) is 4.42. The SMILES string of the molecule is CC1(C)C[C@H](c2c(N)[nH]c(=S)[nH]c2=O)CCS1. The Balaban J connectivity index is 2.41. The third kappa shape index (κ3) is 2.74. The first-order valence-corrected chi connectivity index (χ1v) is 7.04. The molecule has 4 N–H and O–H groups in total. The predicted molar refractivity (Wildman–Crippen MR) is 75.2 cm³/mol. The fourth-order valence-electron chi connectivity index (χ4n) is 2.40. The maximum Gasteiger partial charge on any atom is 0.257 e. The summed E-state index contributed by atoms with van der Waals surface area (Å²) >= 11 is 6.85. The van der Waals surface area contributed by atoms with Gasteiger partial charge in [0.2, 0.25) is 0 Å². The van der Waals surface area contributed by atoms with Gasteiger partial charge in [-0.3, -0.25) is 9.78 Å². The van der Waals surface area contributed by atoms with Crippen molar-refractivity contribution in [1.82, 2.24) is 9.97 Å². The molecule has 1 atom stereocenters. The third-order valence-electron chi connectivity index (χ3n) is 3.12. The smallest absolute Gasteiger partial charge is 0.257 e. The molecule has 4 nitrogen and oxygen atoms in total. The van der Waals surface area contributed by atoms with Crippen LogP contribution in [-0.4, -0.2) is 20.5 Å². The van der Waals surface area contributed by atoms with Crippen LogP contribution in [0.3, 0.4) is 0 Å². The Labute approximate surface area is 109 Å². The van der Waals surface area contributed by atoms with E-state index < -0.39 is 0 Å². The van der Waals surface area contributed by atoms with E-state index in [4.69, 9.17) is 18.0 Å². The number of anilines is 1. The molecule has 1 aliphatic heterocycles. The number of hydrogen-bond donors (Lipinski definition) is 3. The van der Waals surface area contributed by atoms with E-state index in [1.807, 2.05) is 11.8 Å². The summed E-state index contributed by atoms with van der Waals surface area (Å²) in [6.07, 6.45) is 1.96. The van der Waals surface area contributed by atoms with Crippen LogP contribution in [0, 0.1) is 4.77 Å². The van der Waals surface area contributed by atoms with Gasteiger partial charge in [0.05, 0.1) is 5.56 Å². The third-order valence-corrected chi connectivity index (χ3v) is 4.71. The summed E-state index contributed by atoms with van der Waals surface area (Å²) in [5, 5.41) is 0. The van der Waals surface area contributed by atoms with Crippen LogP contribution in [0.15, 0.2) is 4.79 Å². The van der Waals surface area contributed by atoms with E-state index in [1.165, 1.54) is 0 Å². The molecule has 6 heteroatoms. The molecule has 0 unspecified atom stereocenters. The Morgan fingerprint density at radius 3 is 2.76 bits per heavy atom. The minimum atomic E-state index is -0.140. The Bertz CT molecular complexity index is 532. The fourth-order valence-corrected chi connectivity index (χ4v) is 3.87. The summed E-state index contributed by atoms with van der Waals surface area (Å²) in [4.78, 5) is 17.4. The Kier molecular flexibility index (Phi) is 3.36. The number of H-pyrrole nitrogens is 2. The normalized spacial score (nSPS) is 23.5. The monoisotopic (exact) mass is 271 g/mol. The van der Waals surface area contributed by atoms with Crippen molar-refractivity contribution < 1.29 is 0 Å². The lowest BCUT2D eigenvalue weighted by Gasteiger charge is -2.34. The van der Waals surface area contributed by atoms with Crippen LogP contribution >= 0.6 is 24.0 Å². The average molecular weight is 271 g/mol. The van der Waals surface area contributed by atoms with E-state index in [0.717, 1.165) is 18.6 Å². The van der Waals surface area contributed by atoms with Crippen molar-refractivity contribution in [1.29, 1.82) is 0 Å². The molecule has 0 bridgehead atoms. The topological polar surface area (TPSA) is 74.7 Å². The number of rotatable bonds is 1. The molecule has 2 heterocycles. The standard InChI is InChI=1S/C11H17N3OS2/c1-11(2)5-6(3-4-17-11)7-8(12)13-10(16)14-9(7)15/h6H,3-5H2,1-2H3,(H4,12,13,14,15,16)/t6-/m1/s1. The maximum atomic E-state index is 11.9. The predicted octanol–water partition coefficient (Wildman–Crippen LogP) is 2.40. The molecule has 0 aromatic carbocycles. The van der Waals surface area contributed by atoms with Gasteiger partial charge < -0.3 is 10.7 Å². The maximum absolute atomic E-state index is 11.9. The highest BCUT2D eigenvalue weighted by molar-refractivity contribution is 8.00. The van der Waals surface area contributed by atoms with Crippen LogP contribution in [0.5, 0.6) is 0 Å². The number of aromatic nitrogens is 2. The van der Waals surface area contributed by atoms with Crippen molar-refractivity contribution in [2.24, 2.45) is 0 Å². The fraction of sp³-hybridized carbons (Fsp3) is 0.636. The average Bonchev–Trinajstić information content (AvgIpc) is 2.13. The first-order chi connectivity index (χ1) is 7.89. The number of nitrogen functional groups attached to an aromatic ring is 1. The zero-order valence-corrected chi connectivity index (χ0v) is 11.6. The lowest BCUT2D eigenvalue weighted by Crippen LogP contribution is -2.29. The van der Waals surface area contributed by atoms with E-state index in [1.54, 1.807) is 0 Å². The second kappa shape index (κ2) is 4.49. The molecule has 0 amide bonds. The van der Waals surface area contributed by atoms with Gasteiger partial charge in [0, 0.05) is 4.75 Å². The highest BCUT2D eigenvalue weighted by Crippen LogP contribution is 2.43. The lowest BCUT2D eigenvalue weighted by molar-refractivity contribution is 0.502. The molecule has 1 aliphatic rings. The highest BCUT2D eigenvalue weighted by Gasteiger charge is 2.31. The van der Waals surface area contributed by atoms with Crippen molar-refractivity contribution in [3.05, 3.63) is 20.7 Å². The quantitative estimate of drug-likeness (QED) is 0.686. The summed E-state index contributed by atoms with van der Waals surface area (Å²) in [5.74, 6) is 1.71. The molecule has 0 aliphatic carbocycles. The van der Waals surface area contributed by atoms with Crippen LogP contribution in [0.4, 0.5) is 5.82 Å². The van der Waals surface area contributed by atoms with E-state index in [9.17, 15) is 4.79 Å². The zero-order chi connectivity index (χ0) is 12.6. The molecule has 0 saturated carbocycles. The number of nitrogens with one attached hydrogen (secondary N) is 2. The van der Waals surface area contributed by atoms with E-state index in [-0.39, 0.29) is 16.2 Å². The van der Waals surface area contributed by atoms with Gasteiger partial charge in [0.15, 0.2) is 4.77 Å². The first-order valence-electron chi connectivity index (χ1n) is 5.65. The van der Waals surface area contributed by atoms with Gasteiger partial charge in [0.25, 0.3) is 5.56 Å². The van der Waals surface area contributed by atoms with Crippen LogP contribution in [0.25, 0.3) is 0 Å². The molecule has 0 spiro atoms. The Morgan fingerprint density at radius 2 is 2.18 bits per heavy atom. The molecule has 17 heavy (non-hydrogen) atoms. The molecule has 1 aromatic heterocycles. The van der Waals surface area contributed by atoms with Crippen molar-refractivity contribution >= 4 is 29.8 Å². The molecule has 94 valence electrons.